The molecule has 0 aromatic heterocycles. The maximum absolute atomic E-state index is 9.90. The van der Waals surface area contributed by atoms with E-state index in [-0.39, 0.29) is 5.75 Å². The standard InChI is InChI=1S/C17H21NO4.C2H2O4/c1-20-14-7-5-4-6-13(14)11-18-10-12-8-15(21-2)17(19)16(9-12)22-3;3-1(4)2(5)6/h4-9,18-19H,10-11H2,1-3H3;(H,3,4)(H,5,6). The molecule has 0 fully saturated rings. The molecule has 0 aliphatic carbocycles. The van der Waals surface area contributed by atoms with Crippen molar-refractivity contribution in [1.29, 1.82) is 0 Å². The number of phenols is 1. The van der Waals surface area contributed by atoms with Crippen molar-refractivity contribution >= 4 is 11.9 Å². The number of nitrogens with one attached hydrogen (secondary N) is 1. The molecule has 9 nitrogen and oxygen atoms in total. The fraction of sp³-hybridized carbons (Fsp3) is 0.263. The number of carboxylic acids is 2. The first-order valence-electron chi connectivity index (χ1n) is 8.06. The monoisotopic (exact) mass is 393 g/mol. The van der Waals surface area contributed by atoms with E-state index in [4.69, 9.17) is 34.0 Å². The summed E-state index contributed by atoms with van der Waals surface area (Å²) < 4.78 is 15.6. The number of aromatic hydroxyl groups is 1. The van der Waals surface area contributed by atoms with Gasteiger partial charge in [-0.25, -0.2) is 9.59 Å². The summed E-state index contributed by atoms with van der Waals surface area (Å²) in [6.07, 6.45) is 0. The van der Waals surface area contributed by atoms with Gasteiger partial charge in [-0.15, -0.1) is 0 Å². The van der Waals surface area contributed by atoms with Gasteiger partial charge < -0.3 is 34.8 Å². The van der Waals surface area contributed by atoms with E-state index in [1.54, 1.807) is 19.2 Å². The molecular weight excluding hydrogens is 370 g/mol. The SMILES string of the molecule is COc1ccccc1CNCc1cc(OC)c(O)c(OC)c1.O=C(O)C(=O)O. The Bertz CT molecular complexity index is 769. The Kier molecular flexibility index (Phi) is 9.11. The summed E-state index contributed by atoms with van der Waals surface area (Å²) >= 11 is 0. The number of benzene rings is 2. The molecule has 0 aliphatic rings. The Balaban J connectivity index is 0.000000568. The van der Waals surface area contributed by atoms with Crippen LogP contribution in [0.2, 0.25) is 0 Å². The highest BCUT2D eigenvalue weighted by atomic mass is 16.5. The summed E-state index contributed by atoms with van der Waals surface area (Å²) in [6, 6.07) is 11.4. The van der Waals surface area contributed by atoms with Crippen LogP contribution in [0.3, 0.4) is 0 Å². The first-order chi connectivity index (χ1) is 13.3. The Morgan fingerprint density at radius 1 is 0.857 bits per heavy atom. The van der Waals surface area contributed by atoms with Crippen molar-refractivity contribution in [3.63, 3.8) is 0 Å². The van der Waals surface area contributed by atoms with E-state index in [0.717, 1.165) is 16.9 Å². The lowest BCUT2D eigenvalue weighted by atomic mass is 10.1. The van der Waals surface area contributed by atoms with Crippen molar-refractivity contribution in [2.45, 2.75) is 13.1 Å². The minimum absolute atomic E-state index is 0.0125. The molecule has 2 aromatic rings. The van der Waals surface area contributed by atoms with Crippen LogP contribution in [0.1, 0.15) is 11.1 Å². The van der Waals surface area contributed by atoms with E-state index in [1.807, 2.05) is 24.3 Å². The first kappa shape index (κ1) is 22.6. The second kappa shape index (κ2) is 11.3. The van der Waals surface area contributed by atoms with E-state index in [9.17, 15) is 5.11 Å². The van der Waals surface area contributed by atoms with Crippen LogP contribution in [-0.2, 0) is 22.7 Å². The first-order valence-corrected chi connectivity index (χ1v) is 8.06. The van der Waals surface area contributed by atoms with Gasteiger partial charge in [0, 0.05) is 18.7 Å². The third-order valence-corrected chi connectivity index (χ3v) is 3.56. The van der Waals surface area contributed by atoms with Gasteiger partial charge in [-0.3, -0.25) is 0 Å². The second-order valence-electron chi connectivity index (χ2n) is 5.37. The molecule has 0 saturated carbocycles. The van der Waals surface area contributed by atoms with Crippen LogP contribution in [0.5, 0.6) is 23.0 Å². The van der Waals surface area contributed by atoms with E-state index in [0.29, 0.717) is 24.6 Å². The van der Waals surface area contributed by atoms with Gasteiger partial charge in [0.2, 0.25) is 5.75 Å². The van der Waals surface area contributed by atoms with Gasteiger partial charge in [-0.05, 0) is 23.8 Å². The smallest absolute Gasteiger partial charge is 0.414 e. The summed E-state index contributed by atoms with van der Waals surface area (Å²) in [6.45, 7) is 1.29. The number of phenolic OH excluding ortho intramolecular Hbond substituents is 1. The lowest BCUT2D eigenvalue weighted by Crippen LogP contribution is -2.13. The average molecular weight is 393 g/mol. The van der Waals surface area contributed by atoms with Crippen molar-refractivity contribution in [3.8, 4) is 23.0 Å². The van der Waals surface area contributed by atoms with Crippen molar-refractivity contribution in [1.82, 2.24) is 5.32 Å². The Morgan fingerprint density at radius 2 is 1.36 bits per heavy atom. The molecule has 0 saturated heterocycles. The van der Waals surface area contributed by atoms with Crippen LogP contribution in [0, 0.1) is 0 Å². The van der Waals surface area contributed by atoms with Crippen LogP contribution in [0.4, 0.5) is 0 Å². The van der Waals surface area contributed by atoms with E-state index in [1.165, 1.54) is 14.2 Å². The van der Waals surface area contributed by atoms with Crippen molar-refractivity contribution in [2.24, 2.45) is 0 Å². The maximum atomic E-state index is 9.90. The van der Waals surface area contributed by atoms with E-state index >= 15 is 0 Å². The Hall–Kier alpha value is -3.46. The maximum Gasteiger partial charge on any atom is 0.414 e. The molecule has 0 bridgehead atoms. The van der Waals surface area contributed by atoms with Crippen LogP contribution < -0.4 is 19.5 Å². The number of hydrogen-bond acceptors (Lipinski definition) is 7. The van der Waals surface area contributed by atoms with Gasteiger partial charge in [0.05, 0.1) is 21.3 Å². The molecule has 0 atom stereocenters. The Labute approximate surface area is 162 Å². The van der Waals surface area contributed by atoms with Gasteiger partial charge in [0.15, 0.2) is 11.5 Å². The van der Waals surface area contributed by atoms with Gasteiger partial charge in [0.25, 0.3) is 0 Å². The molecule has 4 N–H and O–H groups in total. The topological polar surface area (TPSA) is 135 Å². The summed E-state index contributed by atoms with van der Waals surface area (Å²) in [5.41, 5.74) is 2.05. The van der Waals surface area contributed by atoms with Crippen molar-refractivity contribution in [3.05, 3.63) is 47.5 Å². The van der Waals surface area contributed by atoms with Crippen LogP contribution in [0.25, 0.3) is 0 Å². The number of carbonyl (C=O) groups is 2. The lowest BCUT2D eigenvalue weighted by molar-refractivity contribution is -0.159. The fourth-order valence-corrected chi connectivity index (χ4v) is 2.24. The number of ether oxygens (including phenoxy) is 3. The van der Waals surface area contributed by atoms with Gasteiger partial charge in [-0.1, -0.05) is 18.2 Å². The van der Waals surface area contributed by atoms with Crippen LogP contribution >= 0.6 is 0 Å². The summed E-state index contributed by atoms with van der Waals surface area (Å²) in [5.74, 6) is -1.98. The molecule has 2 rings (SSSR count). The summed E-state index contributed by atoms with van der Waals surface area (Å²) in [5, 5.41) is 28.0. The highest BCUT2D eigenvalue weighted by molar-refractivity contribution is 6.27. The van der Waals surface area contributed by atoms with Gasteiger partial charge in [0.1, 0.15) is 5.75 Å². The molecule has 2 aromatic carbocycles. The zero-order valence-corrected chi connectivity index (χ0v) is 15.8. The zero-order chi connectivity index (χ0) is 21.1. The summed E-state index contributed by atoms with van der Waals surface area (Å²) in [7, 11) is 4.69. The van der Waals surface area contributed by atoms with Crippen molar-refractivity contribution in [2.75, 3.05) is 21.3 Å². The molecule has 9 heteroatoms. The number of aliphatic carboxylic acids is 2. The molecule has 0 unspecified atom stereocenters. The van der Waals surface area contributed by atoms with E-state index < -0.39 is 11.9 Å². The predicted molar refractivity (Wildman–Crippen MR) is 100 cm³/mol. The van der Waals surface area contributed by atoms with Crippen LogP contribution in [-0.4, -0.2) is 48.6 Å². The molecular formula is C19H23NO8. The van der Waals surface area contributed by atoms with Gasteiger partial charge in [-0.2, -0.15) is 0 Å². The third kappa shape index (κ3) is 6.69. The largest absolute Gasteiger partial charge is 0.502 e. The second-order valence-corrected chi connectivity index (χ2v) is 5.37. The average Bonchev–Trinajstić information content (AvgIpc) is 2.69. The number of methoxy groups -OCH3 is 3. The van der Waals surface area contributed by atoms with Crippen LogP contribution in [0.15, 0.2) is 36.4 Å². The third-order valence-electron chi connectivity index (χ3n) is 3.56. The van der Waals surface area contributed by atoms with Crippen molar-refractivity contribution < 1.29 is 39.1 Å². The molecule has 0 aliphatic heterocycles. The quantitative estimate of drug-likeness (QED) is 0.520. The predicted octanol–water partition coefficient (Wildman–Crippen LogP) is 1.86. The molecule has 0 spiro atoms. The van der Waals surface area contributed by atoms with Gasteiger partial charge >= 0.3 is 11.9 Å². The highest BCUT2D eigenvalue weighted by Gasteiger charge is 2.11. The normalized spacial score (nSPS) is 9.68. The minimum Gasteiger partial charge on any atom is -0.502 e. The lowest BCUT2D eigenvalue weighted by Gasteiger charge is -2.13. The molecule has 28 heavy (non-hydrogen) atoms. The molecule has 0 amide bonds. The fourth-order valence-electron chi connectivity index (χ4n) is 2.24. The summed E-state index contributed by atoms with van der Waals surface area (Å²) in [4.78, 5) is 18.2. The number of carboxylic acid groups (broad SMARTS) is 2. The molecule has 0 radical (unpaired) electrons. The highest BCUT2D eigenvalue weighted by Crippen LogP contribution is 2.37. The molecule has 0 heterocycles. The van der Waals surface area contributed by atoms with E-state index in [2.05, 4.69) is 5.32 Å². The zero-order valence-electron chi connectivity index (χ0n) is 15.8. The molecule has 152 valence electrons. The Morgan fingerprint density at radius 3 is 1.82 bits per heavy atom. The minimum atomic E-state index is -1.82. The number of para-hydroxylation sites is 1. The number of rotatable bonds is 7. The number of hydrogen-bond donors (Lipinski definition) is 4.